The van der Waals surface area contributed by atoms with Crippen LogP contribution in [0.5, 0.6) is 0 Å². The van der Waals surface area contributed by atoms with Crippen molar-refractivity contribution in [2.45, 2.75) is 19.8 Å². The Labute approximate surface area is 113 Å². The average molecular weight is 264 g/mol. The van der Waals surface area contributed by atoms with Gasteiger partial charge in [0.2, 0.25) is 0 Å². The molecule has 0 aromatic carbocycles. The van der Waals surface area contributed by atoms with Crippen LogP contribution in [0.2, 0.25) is 0 Å². The number of hydrogen-bond donors (Lipinski definition) is 1. The predicted molar refractivity (Wildman–Crippen MR) is 72.2 cm³/mol. The largest absolute Gasteiger partial charge is 0.462 e. The lowest BCUT2D eigenvalue weighted by molar-refractivity contribution is 0.0527. The molecule has 0 radical (unpaired) electrons. The summed E-state index contributed by atoms with van der Waals surface area (Å²) < 4.78 is 10.5. The van der Waals surface area contributed by atoms with Crippen LogP contribution in [0.4, 0.5) is 5.82 Å². The van der Waals surface area contributed by atoms with E-state index in [9.17, 15) is 4.79 Å². The van der Waals surface area contributed by atoms with E-state index in [0.717, 1.165) is 12.5 Å². The van der Waals surface area contributed by atoms with Crippen molar-refractivity contribution in [2.75, 3.05) is 31.7 Å². The molecule has 0 spiro atoms. The van der Waals surface area contributed by atoms with Crippen LogP contribution in [0.3, 0.4) is 0 Å². The van der Waals surface area contributed by atoms with Gasteiger partial charge in [0.05, 0.1) is 13.2 Å². The summed E-state index contributed by atoms with van der Waals surface area (Å²) in [4.78, 5) is 15.9. The summed E-state index contributed by atoms with van der Waals surface area (Å²) in [5.41, 5.74) is 0.464. The first kappa shape index (κ1) is 13.8. The van der Waals surface area contributed by atoms with Crippen molar-refractivity contribution in [3.63, 3.8) is 0 Å². The SMILES string of the molecule is CCOC(=O)c1cccnc1NCCOCC1CC1. The normalized spacial score (nSPS) is 14.2. The average Bonchev–Trinajstić information content (AvgIpc) is 3.23. The Morgan fingerprint density at radius 2 is 2.37 bits per heavy atom. The third kappa shape index (κ3) is 4.52. The minimum absolute atomic E-state index is 0.350. The van der Waals surface area contributed by atoms with Crippen molar-refractivity contribution < 1.29 is 14.3 Å². The number of nitrogens with one attached hydrogen (secondary N) is 1. The number of nitrogens with zero attached hydrogens (tertiary/aromatic N) is 1. The predicted octanol–water partition coefficient (Wildman–Crippen LogP) is 2.10. The van der Waals surface area contributed by atoms with E-state index in [1.165, 1.54) is 12.8 Å². The first-order valence-electron chi connectivity index (χ1n) is 6.75. The first-order valence-corrected chi connectivity index (χ1v) is 6.75. The van der Waals surface area contributed by atoms with E-state index >= 15 is 0 Å². The van der Waals surface area contributed by atoms with E-state index in [-0.39, 0.29) is 5.97 Å². The van der Waals surface area contributed by atoms with Gasteiger partial charge in [0.25, 0.3) is 0 Å². The van der Waals surface area contributed by atoms with Crippen LogP contribution >= 0.6 is 0 Å². The number of ether oxygens (including phenoxy) is 2. The van der Waals surface area contributed by atoms with Gasteiger partial charge in [-0.25, -0.2) is 9.78 Å². The van der Waals surface area contributed by atoms with Crippen molar-refractivity contribution in [1.29, 1.82) is 0 Å². The number of carbonyl (C=O) groups excluding carboxylic acids is 1. The van der Waals surface area contributed by atoms with Gasteiger partial charge in [-0.3, -0.25) is 0 Å². The Bertz CT molecular complexity index is 419. The van der Waals surface area contributed by atoms with Crippen LogP contribution in [0.15, 0.2) is 18.3 Å². The quantitative estimate of drug-likeness (QED) is 0.575. The lowest BCUT2D eigenvalue weighted by Gasteiger charge is -2.10. The minimum atomic E-state index is -0.350. The number of aromatic nitrogens is 1. The highest BCUT2D eigenvalue weighted by atomic mass is 16.5. The van der Waals surface area contributed by atoms with Gasteiger partial charge in [-0.15, -0.1) is 0 Å². The highest BCUT2D eigenvalue weighted by molar-refractivity contribution is 5.94. The second kappa shape index (κ2) is 7.09. The third-order valence-corrected chi connectivity index (χ3v) is 2.89. The maximum absolute atomic E-state index is 11.7. The van der Waals surface area contributed by atoms with Gasteiger partial charge in [0.1, 0.15) is 11.4 Å². The zero-order chi connectivity index (χ0) is 13.5. The van der Waals surface area contributed by atoms with Gasteiger partial charge in [-0.1, -0.05) is 0 Å². The van der Waals surface area contributed by atoms with Crippen molar-refractivity contribution in [2.24, 2.45) is 5.92 Å². The molecule has 1 aromatic rings. The molecule has 19 heavy (non-hydrogen) atoms. The fraction of sp³-hybridized carbons (Fsp3) is 0.571. The number of carbonyl (C=O) groups is 1. The van der Waals surface area contributed by atoms with Gasteiger partial charge in [0, 0.05) is 19.3 Å². The van der Waals surface area contributed by atoms with Crippen LogP contribution in [0.1, 0.15) is 30.1 Å². The topological polar surface area (TPSA) is 60.5 Å². The molecule has 0 aliphatic heterocycles. The second-order valence-corrected chi connectivity index (χ2v) is 4.57. The van der Waals surface area contributed by atoms with Crippen molar-refractivity contribution in [3.8, 4) is 0 Å². The summed E-state index contributed by atoms with van der Waals surface area (Å²) in [6.45, 7) is 4.24. The van der Waals surface area contributed by atoms with Crippen molar-refractivity contribution >= 4 is 11.8 Å². The first-order chi connectivity index (χ1) is 9.31. The molecular weight excluding hydrogens is 244 g/mol. The molecule has 1 heterocycles. The summed E-state index contributed by atoms with van der Waals surface area (Å²) in [6, 6.07) is 3.43. The van der Waals surface area contributed by atoms with Gasteiger partial charge in [0.15, 0.2) is 0 Å². The number of pyridine rings is 1. The Hall–Kier alpha value is -1.62. The standard InChI is InChI=1S/C14H20N2O3/c1-2-19-14(17)12-4-3-7-15-13(12)16-8-9-18-10-11-5-6-11/h3-4,7,11H,2,5-6,8-10H2,1H3,(H,15,16). The maximum Gasteiger partial charge on any atom is 0.341 e. The van der Waals surface area contributed by atoms with Crippen LogP contribution in [0, 0.1) is 5.92 Å². The molecule has 1 N–H and O–H groups in total. The molecule has 1 aliphatic rings. The van der Waals surface area contributed by atoms with Crippen molar-refractivity contribution in [3.05, 3.63) is 23.9 Å². The molecule has 1 saturated carbocycles. The van der Waals surface area contributed by atoms with E-state index in [0.29, 0.717) is 31.1 Å². The highest BCUT2D eigenvalue weighted by Gasteiger charge is 2.20. The van der Waals surface area contributed by atoms with Crippen LogP contribution in [0.25, 0.3) is 0 Å². The van der Waals surface area contributed by atoms with E-state index < -0.39 is 0 Å². The molecule has 1 fully saturated rings. The third-order valence-electron chi connectivity index (χ3n) is 2.89. The molecule has 1 aromatic heterocycles. The molecule has 0 unspecified atom stereocenters. The van der Waals surface area contributed by atoms with Gasteiger partial charge in [-0.05, 0) is 37.8 Å². The van der Waals surface area contributed by atoms with Crippen LogP contribution < -0.4 is 5.32 Å². The molecule has 0 amide bonds. The minimum Gasteiger partial charge on any atom is -0.462 e. The number of hydrogen-bond acceptors (Lipinski definition) is 5. The molecule has 104 valence electrons. The number of rotatable bonds is 8. The fourth-order valence-corrected chi connectivity index (χ4v) is 1.70. The summed E-state index contributed by atoms with van der Waals surface area (Å²) in [6.07, 6.45) is 4.23. The summed E-state index contributed by atoms with van der Waals surface area (Å²) in [5.74, 6) is 0.970. The molecule has 0 bridgehead atoms. The summed E-state index contributed by atoms with van der Waals surface area (Å²) >= 11 is 0. The summed E-state index contributed by atoms with van der Waals surface area (Å²) in [7, 11) is 0. The lowest BCUT2D eigenvalue weighted by atomic mass is 10.2. The molecule has 5 nitrogen and oxygen atoms in total. The second-order valence-electron chi connectivity index (χ2n) is 4.57. The highest BCUT2D eigenvalue weighted by Crippen LogP contribution is 2.28. The number of anilines is 1. The molecule has 0 atom stereocenters. The molecule has 1 aliphatic carbocycles. The molecule has 5 heteroatoms. The summed E-state index contributed by atoms with van der Waals surface area (Å²) in [5, 5.41) is 3.11. The maximum atomic E-state index is 11.7. The Kier molecular flexibility index (Phi) is 5.15. The fourth-order valence-electron chi connectivity index (χ4n) is 1.70. The Morgan fingerprint density at radius 1 is 1.53 bits per heavy atom. The van der Waals surface area contributed by atoms with Gasteiger partial charge in [-0.2, -0.15) is 0 Å². The van der Waals surface area contributed by atoms with Gasteiger partial charge >= 0.3 is 5.97 Å². The van der Waals surface area contributed by atoms with E-state index in [4.69, 9.17) is 9.47 Å². The van der Waals surface area contributed by atoms with Crippen LogP contribution in [-0.4, -0.2) is 37.3 Å². The van der Waals surface area contributed by atoms with Crippen molar-refractivity contribution in [1.82, 2.24) is 4.98 Å². The van der Waals surface area contributed by atoms with Gasteiger partial charge < -0.3 is 14.8 Å². The van der Waals surface area contributed by atoms with E-state index in [1.807, 2.05) is 0 Å². The zero-order valence-corrected chi connectivity index (χ0v) is 11.2. The zero-order valence-electron chi connectivity index (χ0n) is 11.2. The Morgan fingerprint density at radius 3 is 3.11 bits per heavy atom. The molecular formula is C14H20N2O3. The smallest absolute Gasteiger partial charge is 0.341 e. The van der Waals surface area contributed by atoms with E-state index in [1.54, 1.807) is 25.3 Å². The number of esters is 1. The molecule has 0 saturated heterocycles. The lowest BCUT2D eigenvalue weighted by Crippen LogP contribution is -2.15. The van der Waals surface area contributed by atoms with Crippen LogP contribution in [-0.2, 0) is 9.47 Å². The van der Waals surface area contributed by atoms with E-state index in [2.05, 4.69) is 10.3 Å². The molecule has 2 rings (SSSR count). The monoisotopic (exact) mass is 264 g/mol. The Balaban J connectivity index is 1.79.